The number of aryl methyl sites for hydroxylation is 2. The van der Waals surface area contributed by atoms with Crippen molar-refractivity contribution in [2.75, 3.05) is 13.6 Å². The van der Waals surface area contributed by atoms with Crippen LogP contribution < -0.4 is 5.32 Å². The molecule has 1 heterocycles. The maximum atomic E-state index is 12.3. The molecule has 0 saturated heterocycles. The Morgan fingerprint density at radius 2 is 2.04 bits per heavy atom. The number of Topliss-reactive ketones (excluding diaryl/α,β-unsaturated/α-hetero) is 1. The number of nitrogens with zero attached hydrogens (tertiary/aromatic N) is 1. The molecule has 0 fully saturated rings. The van der Waals surface area contributed by atoms with Crippen LogP contribution in [0, 0.1) is 12.8 Å². The minimum Gasteiger partial charge on any atom is -0.344 e. The second-order valence-corrected chi connectivity index (χ2v) is 6.68. The first-order valence-corrected chi connectivity index (χ1v) is 8.81. The summed E-state index contributed by atoms with van der Waals surface area (Å²) in [6.07, 6.45) is 3.34. The lowest BCUT2D eigenvalue weighted by Gasteiger charge is -2.11. The maximum absolute atomic E-state index is 12.3. The van der Waals surface area contributed by atoms with Crippen molar-refractivity contribution in [1.29, 1.82) is 0 Å². The zero-order chi connectivity index (χ0) is 17.0. The average Bonchev–Trinajstić information content (AvgIpc) is 2.80. The fourth-order valence-corrected chi connectivity index (χ4v) is 3.29. The Labute approximate surface area is 140 Å². The Balaban J connectivity index is 2.51. The molecule has 0 unspecified atom stereocenters. The van der Waals surface area contributed by atoms with Gasteiger partial charge in [-0.2, -0.15) is 0 Å². The molecule has 1 N–H and O–H groups in total. The summed E-state index contributed by atoms with van der Waals surface area (Å²) in [6, 6.07) is 6.23. The predicted octanol–water partition coefficient (Wildman–Crippen LogP) is 4.35. The van der Waals surface area contributed by atoms with Crippen LogP contribution in [0.15, 0.2) is 18.2 Å². The van der Waals surface area contributed by atoms with Crippen molar-refractivity contribution < 1.29 is 4.79 Å². The highest BCUT2D eigenvalue weighted by Crippen LogP contribution is 2.28. The van der Waals surface area contributed by atoms with Crippen LogP contribution in [0.1, 0.15) is 55.2 Å². The molecular formula is C20H30N2O. The van der Waals surface area contributed by atoms with Gasteiger partial charge in [0.1, 0.15) is 0 Å². The van der Waals surface area contributed by atoms with Gasteiger partial charge < -0.3 is 9.88 Å². The van der Waals surface area contributed by atoms with Crippen molar-refractivity contribution in [3.05, 3.63) is 35.0 Å². The Morgan fingerprint density at radius 1 is 1.30 bits per heavy atom. The Bertz CT molecular complexity index is 682. The number of fused-ring (bicyclic) bond motifs is 1. The van der Waals surface area contributed by atoms with Crippen molar-refractivity contribution in [2.24, 2.45) is 5.92 Å². The van der Waals surface area contributed by atoms with Crippen molar-refractivity contribution in [3.63, 3.8) is 0 Å². The van der Waals surface area contributed by atoms with E-state index >= 15 is 0 Å². The second-order valence-electron chi connectivity index (χ2n) is 6.68. The summed E-state index contributed by atoms with van der Waals surface area (Å²) in [5, 5.41) is 4.46. The van der Waals surface area contributed by atoms with Crippen molar-refractivity contribution in [3.8, 4) is 0 Å². The van der Waals surface area contributed by atoms with Crippen LogP contribution in [-0.2, 0) is 13.0 Å². The van der Waals surface area contributed by atoms with Crippen LogP contribution in [0.2, 0.25) is 0 Å². The highest BCUT2D eigenvalue weighted by atomic mass is 16.1. The van der Waals surface area contributed by atoms with Crippen LogP contribution in [-0.4, -0.2) is 23.9 Å². The molecule has 23 heavy (non-hydrogen) atoms. The zero-order valence-electron chi connectivity index (χ0n) is 15.2. The van der Waals surface area contributed by atoms with Gasteiger partial charge in [-0.3, -0.25) is 4.79 Å². The SMILES string of the molecule is CCCc1c(C)c2cc(C(=O)C(C)C)ccc2n1CCCNC. The molecule has 2 rings (SSSR count). The molecular weight excluding hydrogens is 284 g/mol. The summed E-state index contributed by atoms with van der Waals surface area (Å²) in [5.74, 6) is 0.270. The molecule has 0 spiro atoms. The first-order chi connectivity index (χ1) is 11.0. The third-order valence-corrected chi connectivity index (χ3v) is 4.55. The molecule has 0 aliphatic heterocycles. The molecule has 3 nitrogen and oxygen atoms in total. The lowest BCUT2D eigenvalue weighted by Crippen LogP contribution is -2.12. The summed E-state index contributed by atoms with van der Waals surface area (Å²) >= 11 is 0. The molecule has 0 amide bonds. The smallest absolute Gasteiger partial charge is 0.165 e. The summed E-state index contributed by atoms with van der Waals surface area (Å²) < 4.78 is 2.45. The molecule has 1 aromatic carbocycles. The first-order valence-electron chi connectivity index (χ1n) is 8.81. The van der Waals surface area contributed by atoms with Crippen LogP contribution in [0.3, 0.4) is 0 Å². The third-order valence-electron chi connectivity index (χ3n) is 4.55. The number of carbonyl (C=O) groups is 1. The van der Waals surface area contributed by atoms with Gasteiger partial charge >= 0.3 is 0 Å². The fraction of sp³-hybridized carbons (Fsp3) is 0.550. The minimum atomic E-state index is 0.0422. The van der Waals surface area contributed by atoms with Gasteiger partial charge in [-0.15, -0.1) is 0 Å². The van der Waals surface area contributed by atoms with Crippen molar-refractivity contribution in [1.82, 2.24) is 9.88 Å². The number of ketones is 1. The van der Waals surface area contributed by atoms with Crippen molar-refractivity contribution >= 4 is 16.7 Å². The van der Waals surface area contributed by atoms with Gasteiger partial charge in [0.15, 0.2) is 5.78 Å². The topological polar surface area (TPSA) is 34.0 Å². The van der Waals surface area contributed by atoms with Gasteiger partial charge in [0.05, 0.1) is 0 Å². The van der Waals surface area contributed by atoms with E-state index in [-0.39, 0.29) is 11.7 Å². The number of benzene rings is 1. The summed E-state index contributed by atoms with van der Waals surface area (Å²) in [7, 11) is 2.00. The molecule has 0 radical (unpaired) electrons. The van der Waals surface area contributed by atoms with Crippen LogP contribution >= 0.6 is 0 Å². The quantitative estimate of drug-likeness (QED) is 0.580. The van der Waals surface area contributed by atoms with Crippen LogP contribution in [0.25, 0.3) is 10.9 Å². The highest BCUT2D eigenvalue weighted by molar-refractivity contribution is 6.01. The van der Waals surface area contributed by atoms with Crippen LogP contribution in [0.4, 0.5) is 0 Å². The van der Waals surface area contributed by atoms with Gasteiger partial charge in [0.2, 0.25) is 0 Å². The van der Waals surface area contributed by atoms with E-state index in [0.29, 0.717) is 0 Å². The first kappa shape index (κ1) is 17.7. The van der Waals surface area contributed by atoms with Gasteiger partial charge in [-0.1, -0.05) is 27.2 Å². The number of carbonyl (C=O) groups excluding carboxylic acids is 1. The predicted molar refractivity (Wildman–Crippen MR) is 98.4 cm³/mol. The van der Waals surface area contributed by atoms with Crippen LogP contribution in [0.5, 0.6) is 0 Å². The monoisotopic (exact) mass is 314 g/mol. The van der Waals surface area contributed by atoms with Gasteiger partial charge in [-0.05, 0) is 57.1 Å². The third kappa shape index (κ3) is 3.66. The van der Waals surface area contributed by atoms with E-state index in [1.54, 1.807) is 0 Å². The number of aromatic nitrogens is 1. The molecule has 0 aliphatic rings. The number of hydrogen-bond donors (Lipinski definition) is 1. The molecule has 0 bridgehead atoms. The molecule has 0 atom stereocenters. The van der Waals surface area contributed by atoms with E-state index in [1.807, 2.05) is 27.0 Å². The molecule has 1 aromatic heterocycles. The summed E-state index contributed by atoms with van der Waals surface area (Å²) in [5.41, 5.74) is 4.87. The maximum Gasteiger partial charge on any atom is 0.165 e. The van der Waals surface area contributed by atoms with E-state index in [0.717, 1.165) is 37.9 Å². The summed E-state index contributed by atoms with van der Waals surface area (Å²) in [4.78, 5) is 12.3. The average molecular weight is 314 g/mol. The van der Waals surface area contributed by atoms with E-state index < -0.39 is 0 Å². The summed E-state index contributed by atoms with van der Waals surface area (Å²) in [6.45, 7) is 10.4. The second kappa shape index (κ2) is 7.78. The molecule has 3 heteroatoms. The number of nitrogens with one attached hydrogen (secondary N) is 1. The van der Waals surface area contributed by atoms with E-state index in [9.17, 15) is 4.79 Å². The largest absolute Gasteiger partial charge is 0.344 e. The minimum absolute atomic E-state index is 0.0422. The molecule has 126 valence electrons. The Hall–Kier alpha value is -1.61. The van der Waals surface area contributed by atoms with E-state index in [4.69, 9.17) is 0 Å². The lowest BCUT2D eigenvalue weighted by atomic mass is 9.99. The standard InChI is InChI=1S/C20H30N2O/c1-6-8-18-15(4)17-13-16(20(23)14(2)3)9-10-19(17)22(18)12-7-11-21-5/h9-10,13-14,21H,6-8,11-12H2,1-5H3. The zero-order valence-corrected chi connectivity index (χ0v) is 15.2. The fourth-order valence-electron chi connectivity index (χ4n) is 3.29. The molecule has 0 saturated carbocycles. The van der Waals surface area contributed by atoms with Gasteiger partial charge in [0.25, 0.3) is 0 Å². The Kier molecular flexibility index (Phi) is 6.00. The Morgan fingerprint density at radius 3 is 2.65 bits per heavy atom. The number of rotatable bonds is 8. The highest BCUT2D eigenvalue weighted by Gasteiger charge is 2.16. The molecule has 2 aromatic rings. The van der Waals surface area contributed by atoms with E-state index in [1.165, 1.54) is 22.2 Å². The number of hydrogen-bond acceptors (Lipinski definition) is 2. The van der Waals surface area contributed by atoms with E-state index in [2.05, 4.69) is 35.9 Å². The van der Waals surface area contributed by atoms with Crippen molar-refractivity contribution in [2.45, 2.75) is 53.5 Å². The van der Waals surface area contributed by atoms with Gasteiger partial charge in [-0.25, -0.2) is 0 Å². The lowest BCUT2D eigenvalue weighted by molar-refractivity contribution is 0.0939. The van der Waals surface area contributed by atoms with Gasteiger partial charge in [0, 0.05) is 34.6 Å². The normalized spacial score (nSPS) is 11.6. The molecule has 0 aliphatic carbocycles.